The quantitative estimate of drug-likeness (QED) is 0.510. The minimum absolute atomic E-state index is 0.152. The summed E-state index contributed by atoms with van der Waals surface area (Å²) < 4.78 is 7.89. The molecule has 1 N–H and O–H groups in total. The van der Waals surface area contributed by atoms with E-state index in [9.17, 15) is 9.59 Å². The smallest absolute Gasteiger partial charge is 0.262 e. The van der Waals surface area contributed by atoms with Crippen LogP contribution in [0.4, 0.5) is 5.69 Å². The van der Waals surface area contributed by atoms with Crippen LogP contribution in [0.25, 0.3) is 16.7 Å². The van der Waals surface area contributed by atoms with E-state index in [1.54, 1.807) is 29.4 Å². The maximum atomic E-state index is 13.5. The van der Waals surface area contributed by atoms with Crippen LogP contribution in [0.2, 0.25) is 0 Å². The van der Waals surface area contributed by atoms with Crippen molar-refractivity contribution in [1.82, 2.24) is 14.9 Å². The van der Waals surface area contributed by atoms with Crippen molar-refractivity contribution in [3.8, 4) is 11.4 Å². The van der Waals surface area contributed by atoms with Gasteiger partial charge in [-0.1, -0.05) is 31.2 Å². The van der Waals surface area contributed by atoms with Crippen LogP contribution in [0, 0.1) is 0 Å². The van der Waals surface area contributed by atoms with Gasteiger partial charge in [0.05, 0.1) is 23.3 Å². The third-order valence-corrected chi connectivity index (χ3v) is 5.71. The second-order valence-corrected chi connectivity index (χ2v) is 7.93. The molecule has 166 valence electrons. The van der Waals surface area contributed by atoms with Crippen molar-refractivity contribution in [2.24, 2.45) is 0 Å². The van der Waals surface area contributed by atoms with E-state index in [4.69, 9.17) is 4.74 Å². The molecule has 1 aliphatic rings. The van der Waals surface area contributed by atoms with Gasteiger partial charge >= 0.3 is 0 Å². The summed E-state index contributed by atoms with van der Waals surface area (Å²) in [5.74, 6) is 0.128. The van der Waals surface area contributed by atoms with Crippen molar-refractivity contribution < 1.29 is 14.3 Å². The van der Waals surface area contributed by atoms with E-state index in [2.05, 4.69) is 10.3 Å². The summed E-state index contributed by atoms with van der Waals surface area (Å²) in [6.45, 7) is 2.71. The highest BCUT2D eigenvalue weighted by atomic mass is 16.5. The third-order valence-electron chi connectivity index (χ3n) is 5.71. The number of nitrogens with one attached hydrogen (secondary N) is 1. The molecule has 0 bridgehead atoms. The molecule has 0 fully saturated rings. The monoisotopic (exact) mass is 440 g/mol. The molecule has 1 aliphatic heterocycles. The first-order valence-electron chi connectivity index (χ1n) is 11.0. The van der Waals surface area contributed by atoms with E-state index in [-0.39, 0.29) is 18.4 Å². The van der Waals surface area contributed by atoms with E-state index < -0.39 is 6.10 Å². The molecule has 4 aromatic rings. The molecule has 7 nitrogen and oxygen atoms in total. The van der Waals surface area contributed by atoms with Crippen molar-refractivity contribution in [2.75, 3.05) is 18.0 Å². The Bertz CT molecular complexity index is 1310. The van der Waals surface area contributed by atoms with Gasteiger partial charge in [0.15, 0.2) is 6.10 Å². The Labute approximate surface area is 191 Å². The van der Waals surface area contributed by atoms with E-state index in [0.29, 0.717) is 23.5 Å². The fraction of sp³-hybridized carbons (Fsp3) is 0.192. The molecule has 0 aliphatic carbocycles. The van der Waals surface area contributed by atoms with E-state index in [1.807, 2.05) is 66.1 Å². The molecule has 1 aromatic heterocycles. The standard InChI is InChI=1S/C26H24N4O3/c1-2-15-27-25(31)24-16-29(22-9-5-6-10-23(22)33-24)26(32)18-11-13-19(14-12-18)30-17-28-20-7-3-4-8-21(20)30/h3-14,17,24H,2,15-16H2,1H3,(H,27,31)/t24-/m0/s1. The number of carbonyl (C=O) groups excluding carboxylic acids is 2. The second kappa shape index (κ2) is 8.78. The van der Waals surface area contributed by atoms with Crippen LogP contribution < -0.4 is 15.0 Å². The van der Waals surface area contributed by atoms with Crippen molar-refractivity contribution >= 4 is 28.5 Å². The molecule has 0 unspecified atom stereocenters. The summed E-state index contributed by atoms with van der Waals surface area (Å²) in [5.41, 5.74) is 4.02. The molecule has 0 saturated heterocycles. The number of imidazole rings is 1. The molecule has 5 rings (SSSR count). The Morgan fingerprint density at radius 3 is 2.61 bits per heavy atom. The second-order valence-electron chi connectivity index (χ2n) is 7.93. The van der Waals surface area contributed by atoms with Gasteiger partial charge in [-0.05, 0) is 55.0 Å². The largest absolute Gasteiger partial charge is 0.477 e. The highest BCUT2D eigenvalue weighted by Gasteiger charge is 2.34. The fourth-order valence-electron chi connectivity index (χ4n) is 4.01. The lowest BCUT2D eigenvalue weighted by Crippen LogP contribution is -2.50. The number of ether oxygens (including phenoxy) is 1. The molecule has 1 atom stereocenters. The van der Waals surface area contributed by atoms with Gasteiger partial charge in [0.2, 0.25) is 0 Å². The first-order chi connectivity index (χ1) is 16.2. The molecule has 3 aromatic carbocycles. The SMILES string of the molecule is CCCNC(=O)[C@@H]1CN(C(=O)c2ccc(-n3cnc4ccccc43)cc2)c2ccccc2O1. The minimum Gasteiger partial charge on any atom is -0.477 e. The zero-order chi connectivity index (χ0) is 22.8. The number of para-hydroxylation sites is 4. The first-order valence-corrected chi connectivity index (χ1v) is 11.0. The predicted molar refractivity (Wildman–Crippen MR) is 127 cm³/mol. The number of nitrogens with zero attached hydrogens (tertiary/aromatic N) is 3. The normalized spacial score (nSPS) is 15.1. The molecule has 0 saturated carbocycles. The van der Waals surface area contributed by atoms with Crippen LogP contribution in [0.1, 0.15) is 23.7 Å². The number of rotatable bonds is 5. The van der Waals surface area contributed by atoms with Gasteiger partial charge in [0.1, 0.15) is 12.1 Å². The van der Waals surface area contributed by atoms with Crippen LogP contribution >= 0.6 is 0 Å². The third kappa shape index (κ3) is 3.93. The molecule has 2 amide bonds. The first kappa shape index (κ1) is 20.8. The van der Waals surface area contributed by atoms with Crippen LogP contribution in [0.3, 0.4) is 0 Å². The van der Waals surface area contributed by atoms with Gasteiger partial charge in [-0.15, -0.1) is 0 Å². The Balaban J connectivity index is 1.42. The van der Waals surface area contributed by atoms with E-state index >= 15 is 0 Å². The molecular weight excluding hydrogens is 416 g/mol. The van der Waals surface area contributed by atoms with Crippen molar-refractivity contribution in [3.63, 3.8) is 0 Å². The lowest BCUT2D eigenvalue weighted by atomic mass is 10.1. The molecule has 33 heavy (non-hydrogen) atoms. The van der Waals surface area contributed by atoms with E-state index in [0.717, 1.165) is 23.1 Å². The zero-order valence-corrected chi connectivity index (χ0v) is 18.3. The number of benzene rings is 3. The topological polar surface area (TPSA) is 76.5 Å². The number of hydrogen-bond acceptors (Lipinski definition) is 4. The highest BCUT2D eigenvalue weighted by molar-refractivity contribution is 6.08. The van der Waals surface area contributed by atoms with Crippen molar-refractivity contribution in [1.29, 1.82) is 0 Å². The maximum Gasteiger partial charge on any atom is 0.262 e. The molecule has 0 radical (unpaired) electrons. The van der Waals surface area contributed by atoms with Crippen LogP contribution in [-0.2, 0) is 4.79 Å². The molecule has 7 heteroatoms. The van der Waals surface area contributed by atoms with Crippen molar-refractivity contribution in [2.45, 2.75) is 19.4 Å². The number of aromatic nitrogens is 2. The van der Waals surface area contributed by atoms with Crippen LogP contribution in [0.15, 0.2) is 79.1 Å². The van der Waals surface area contributed by atoms with Gasteiger partial charge in [0.25, 0.3) is 11.8 Å². The van der Waals surface area contributed by atoms with Gasteiger partial charge in [-0.3, -0.25) is 14.2 Å². The maximum absolute atomic E-state index is 13.5. The number of anilines is 1. The summed E-state index contributed by atoms with van der Waals surface area (Å²) in [6.07, 6.45) is 1.85. The number of fused-ring (bicyclic) bond motifs is 2. The predicted octanol–water partition coefficient (Wildman–Crippen LogP) is 3.96. The average molecular weight is 441 g/mol. The zero-order valence-electron chi connectivity index (χ0n) is 18.3. The summed E-state index contributed by atoms with van der Waals surface area (Å²) in [7, 11) is 0. The Kier molecular flexibility index (Phi) is 5.52. The Morgan fingerprint density at radius 1 is 1.03 bits per heavy atom. The van der Waals surface area contributed by atoms with Crippen LogP contribution in [-0.4, -0.2) is 40.6 Å². The number of amides is 2. The van der Waals surface area contributed by atoms with Gasteiger partial charge in [0, 0.05) is 17.8 Å². The summed E-state index contributed by atoms with van der Waals surface area (Å²) in [5, 5.41) is 2.86. The Hall–Kier alpha value is -4.13. The van der Waals surface area contributed by atoms with E-state index in [1.165, 1.54) is 0 Å². The minimum atomic E-state index is -0.757. The average Bonchev–Trinajstić information content (AvgIpc) is 3.30. The van der Waals surface area contributed by atoms with Gasteiger partial charge in [-0.25, -0.2) is 4.98 Å². The lowest BCUT2D eigenvalue weighted by molar-refractivity contribution is -0.127. The number of hydrogen-bond donors (Lipinski definition) is 1. The molecule has 2 heterocycles. The van der Waals surface area contributed by atoms with Crippen LogP contribution in [0.5, 0.6) is 5.75 Å². The van der Waals surface area contributed by atoms with Crippen molar-refractivity contribution in [3.05, 3.63) is 84.7 Å². The Morgan fingerprint density at radius 2 is 1.79 bits per heavy atom. The lowest BCUT2D eigenvalue weighted by Gasteiger charge is -2.34. The number of carbonyl (C=O) groups is 2. The van der Waals surface area contributed by atoms with Gasteiger partial charge < -0.3 is 15.0 Å². The molecular formula is C26H24N4O3. The highest BCUT2D eigenvalue weighted by Crippen LogP contribution is 2.34. The summed E-state index contributed by atoms with van der Waals surface area (Å²) in [4.78, 5) is 32.1. The summed E-state index contributed by atoms with van der Waals surface area (Å²) in [6, 6.07) is 22.6. The molecule has 0 spiro atoms. The van der Waals surface area contributed by atoms with Gasteiger partial charge in [-0.2, -0.15) is 0 Å². The fourth-order valence-corrected chi connectivity index (χ4v) is 4.01. The summed E-state index contributed by atoms with van der Waals surface area (Å²) >= 11 is 0.